The summed E-state index contributed by atoms with van der Waals surface area (Å²) in [6.07, 6.45) is 0.319. The van der Waals surface area contributed by atoms with Gasteiger partial charge < -0.3 is 19.1 Å². The lowest BCUT2D eigenvalue weighted by Gasteiger charge is -2.50. The maximum absolute atomic E-state index is 13.5. The van der Waals surface area contributed by atoms with Crippen molar-refractivity contribution < 1.29 is 19.0 Å². The standard InChI is InChI=1S/C21H22BrN3O5/c1-23-20(27)17-19(30-11-13-6-4-3-5-7-13)18(26)15(22)16-14(28-2)10-24(25(16)17)21(23)8-9-29-12-21/h3-7,14H,8-12H2,1-2H3. The number of pyridine rings is 1. The Morgan fingerprint density at radius 3 is 2.70 bits per heavy atom. The number of fused-ring (bicyclic) bond motifs is 1. The number of methoxy groups -OCH3 is 1. The number of benzene rings is 1. The van der Waals surface area contributed by atoms with Crippen molar-refractivity contribution in [1.82, 2.24) is 9.58 Å². The molecule has 0 radical (unpaired) electrons. The van der Waals surface area contributed by atoms with Crippen LogP contribution in [0.4, 0.5) is 0 Å². The third-order valence-electron chi connectivity index (χ3n) is 6.27. The van der Waals surface area contributed by atoms with Crippen LogP contribution in [0.15, 0.2) is 39.6 Å². The number of amides is 1. The Bertz CT molecular complexity index is 1060. The Hall–Kier alpha value is -2.36. The smallest absolute Gasteiger partial charge is 0.278 e. The van der Waals surface area contributed by atoms with Crippen LogP contribution in [0.5, 0.6) is 5.75 Å². The Kier molecular flexibility index (Phi) is 4.64. The van der Waals surface area contributed by atoms with Crippen molar-refractivity contribution in [3.05, 3.63) is 62.0 Å². The predicted molar refractivity (Wildman–Crippen MR) is 112 cm³/mol. The van der Waals surface area contributed by atoms with E-state index in [1.165, 1.54) is 0 Å². The van der Waals surface area contributed by atoms with E-state index >= 15 is 0 Å². The highest BCUT2D eigenvalue weighted by Gasteiger charge is 2.56. The zero-order valence-electron chi connectivity index (χ0n) is 16.8. The number of nitrogens with zero attached hydrogens (tertiary/aromatic N) is 3. The molecule has 3 aliphatic rings. The second-order valence-electron chi connectivity index (χ2n) is 7.75. The van der Waals surface area contributed by atoms with Crippen LogP contribution < -0.4 is 15.2 Å². The van der Waals surface area contributed by atoms with Crippen LogP contribution in [-0.4, -0.2) is 55.1 Å². The molecule has 0 bridgehead atoms. The minimum Gasteiger partial charge on any atom is -0.482 e. The first kappa shape index (κ1) is 19.6. The van der Waals surface area contributed by atoms with E-state index in [4.69, 9.17) is 14.2 Å². The summed E-state index contributed by atoms with van der Waals surface area (Å²) in [5.74, 6) is -0.218. The van der Waals surface area contributed by atoms with Gasteiger partial charge in [-0.1, -0.05) is 30.3 Å². The lowest BCUT2D eigenvalue weighted by atomic mass is 10.0. The molecule has 2 atom stereocenters. The molecule has 1 saturated heterocycles. The predicted octanol–water partition coefficient (Wildman–Crippen LogP) is 2.03. The number of carbonyl (C=O) groups excluding carboxylic acids is 1. The van der Waals surface area contributed by atoms with E-state index in [-0.39, 0.29) is 35.5 Å². The van der Waals surface area contributed by atoms with E-state index < -0.39 is 5.66 Å². The van der Waals surface area contributed by atoms with Crippen LogP contribution in [0.3, 0.4) is 0 Å². The number of likely N-dealkylation sites (N-methyl/N-ethyl adjacent to an activating group) is 1. The molecule has 8 nitrogen and oxygen atoms in total. The SMILES string of the molecule is COC1CN2n3c(c(OCc4ccccc4)c(=O)c(Br)c31)C(=O)N(C)C21CCOC1. The van der Waals surface area contributed by atoms with Gasteiger partial charge in [-0.3, -0.25) is 14.6 Å². The highest BCUT2D eigenvalue weighted by molar-refractivity contribution is 9.10. The molecule has 0 saturated carbocycles. The van der Waals surface area contributed by atoms with Crippen LogP contribution in [0.25, 0.3) is 0 Å². The molecule has 1 spiro atoms. The van der Waals surface area contributed by atoms with Gasteiger partial charge in [0.2, 0.25) is 5.43 Å². The first-order chi connectivity index (χ1) is 14.5. The average molecular weight is 476 g/mol. The van der Waals surface area contributed by atoms with Gasteiger partial charge >= 0.3 is 0 Å². The monoisotopic (exact) mass is 475 g/mol. The topological polar surface area (TPSA) is 73.2 Å². The number of hydrogen-bond donors (Lipinski definition) is 0. The van der Waals surface area contributed by atoms with E-state index in [2.05, 4.69) is 20.9 Å². The van der Waals surface area contributed by atoms with E-state index in [9.17, 15) is 9.59 Å². The molecule has 0 aliphatic carbocycles. The van der Waals surface area contributed by atoms with Gasteiger partial charge in [-0.25, -0.2) is 4.68 Å². The summed E-state index contributed by atoms with van der Waals surface area (Å²) in [6, 6.07) is 9.55. The van der Waals surface area contributed by atoms with Crippen LogP contribution in [0, 0.1) is 0 Å². The molecule has 1 aromatic heterocycles. The molecule has 4 heterocycles. The Balaban J connectivity index is 1.69. The fourth-order valence-corrected chi connectivity index (χ4v) is 5.22. The zero-order chi connectivity index (χ0) is 21.0. The van der Waals surface area contributed by atoms with E-state index in [0.717, 1.165) is 5.56 Å². The third kappa shape index (κ3) is 2.58. The summed E-state index contributed by atoms with van der Waals surface area (Å²) in [6.45, 7) is 1.65. The fraction of sp³-hybridized carbons (Fsp3) is 0.429. The van der Waals surface area contributed by atoms with Gasteiger partial charge in [0.1, 0.15) is 12.7 Å². The van der Waals surface area contributed by atoms with Crippen molar-refractivity contribution in [1.29, 1.82) is 0 Å². The zero-order valence-corrected chi connectivity index (χ0v) is 18.3. The molecule has 30 heavy (non-hydrogen) atoms. The van der Waals surface area contributed by atoms with Crippen molar-refractivity contribution >= 4 is 21.8 Å². The summed E-state index contributed by atoms with van der Waals surface area (Å²) < 4.78 is 19.5. The van der Waals surface area contributed by atoms with Gasteiger partial charge in [-0.05, 0) is 21.5 Å². The summed E-state index contributed by atoms with van der Waals surface area (Å²) in [5, 5.41) is 2.08. The summed E-state index contributed by atoms with van der Waals surface area (Å²) in [5.41, 5.74) is 0.814. The maximum atomic E-state index is 13.5. The molecular formula is C21H22BrN3O5. The van der Waals surface area contributed by atoms with Crippen molar-refractivity contribution in [2.24, 2.45) is 0 Å². The van der Waals surface area contributed by atoms with Gasteiger partial charge in [0, 0.05) is 20.6 Å². The Labute approximate surface area is 182 Å². The van der Waals surface area contributed by atoms with E-state index in [1.54, 1.807) is 19.1 Å². The molecular weight excluding hydrogens is 454 g/mol. The first-order valence-electron chi connectivity index (χ1n) is 9.81. The highest BCUT2D eigenvalue weighted by atomic mass is 79.9. The van der Waals surface area contributed by atoms with Crippen LogP contribution >= 0.6 is 15.9 Å². The molecule has 3 aliphatic heterocycles. The quantitative estimate of drug-likeness (QED) is 0.673. The number of carbonyl (C=O) groups is 1. The minimum atomic E-state index is -0.614. The molecule has 1 amide bonds. The molecule has 2 unspecified atom stereocenters. The number of aromatic nitrogens is 1. The van der Waals surface area contributed by atoms with Crippen LogP contribution in [-0.2, 0) is 16.1 Å². The average Bonchev–Trinajstić information content (AvgIpc) is 3.40. The fourth-order valence-electron chi connectivity index (χ4n) is 4.61. The summed E-state index contributed by atoms with van der Waals surface area (Å²) in [7, 11) is 3.37. The molecule has 1 aromatic carbocycles. The number of ether oxygens (including phenoxy) is 3. The molecule has 158 valence electrons. The molecule has 5 rings (SSSR count). The van der Waals surface area contributed by atoms with E-state index in [0.29, 0.717) is 36.3 Å². The Morgan fingerprint density at radius 2 is 2.03 bits per heavy atom. The van der Waals surface area contributed by atoms with Gasteiger partial charge in [-0.15, -0.1) is 0 Å². The van der Waals surface area contributed by atoms with Crippen LogP contribution in [0.1, 0.15) is 34.3 Å². The number of halogens is 1. The van der Waals surface area contributed by atoms with Gasteiger partial charge in [0.15, 0.2) is 17.1 Å². The minimum absolute atomic E-state index is 0.0434. The molecule has 1 fully saturated rings. The largest absolute Gasteiger partial charge is 0.482 e. The molecule has 0 N–H and O–H groups in total. The van der Waals surface area contributed by atoms with Crippen LogP contribution in [0.2, 0.25) is 0 Å². The summed E-state index contributed by atoms with van der Waals surface area (Å²) >= 11 is 3.46. The third-order valence-corrected chi connectivity index (χ3v) is 7.04. The second kappa shape index (κ2) is 7.11. The van der Waals surface area contributed by atoms with E-state index in [1.807, 2.05) is 35.0 Å². The molecule has 9 heteroatoms. The second-order valence-corrected chi connectivity index (χ2v) is 8.54. The van der Waals surface area contributed by atoms with Gasteiger partial charge in [-0.2, -0.15) is 0 Å². The lowest BCUT2D eigenvalue weighted by Crippen LogP contribution is -2.69. The highest BCUT2D eigenvalue weighted by Crippen LogP contribution is 2.44. The number of rotatable bonds is 4. The number of hydrogen-bond acceptors (Lipinski definition) is 6. The van der Waals surface area contributed by atoms with Gasteiger partial charge in [0.05, 0.1) is 29.9 Å². The van der Waals surface area contributed by atoms with Crippen molar-refractivity contribution in [3.63, 3.8) is 0 Å². The van der Waals surface area contributed by atoms with Crippen molar-refractivity contribution in [2.45, 2.75) is 24.8 Å². The normalized spacial score (nSPS) is 24.6. The van der Waals surface area contributed by atoms with Crippen molar-refractivity contribution in [2.75, 3.05) is 38.9 Å². The Morgan fingerprint density at radius 1 is 1.27 bits per heavy atom. The maximum Gasteiger partial charge on any atom is 0.278 e. The summed E-state index contributed by atoms with van der Waals surface area (Å²) in [4.78, 5) is 28.5. The lowest BCUT2D eigenvalue weighted by molar-refractivity contribution is 0.0297. The van der Waals surface area contributed by atoms with Gasteiger partial charge in [0.25, 0.3) is 5.91 Å². The molecule has 2 aromatic rings. The first-order valence-corrected chi connectivity index (χ1v) is 10.6. The van der Waals surface area contributed by atoms with Crippen molar-refractivity contribution in [3.8, 4) is 5.75 Å².